The van der Waals surface area contributed by atoms with Crippen LogP contribution in [0.25, 0.3) is 0 Å². The van der Waals surface area contributed by atoms with Crippen molar-refractivity contribution in [2.45, 2.75) is 69.4 Å². The molecule has 1 heterocycles. The maximum absolute atomic E-state index is 12.9. The van der Waals surface area contributed by atoms with Crippen LogP contribution >= 0.6 is 42.4 Å². The Kier molecular flexibility index (Phi) is 11.7. The minimum atomic E-state index is -3.46. The van der Waals surface area contributed by atoms with E-state index < -0.39 is 59.7 Å². The highest BCUT2D eigenvalue weighted by atomic mass is 35.6. The van der Waals surface area contributed by atoms with E-state index in [0.717, 1.165) is 0 Å². The van der Waals surface area contributed by atoms with Gasteiger partial charge in [0, 0.05) is 13.8 Å². The molecule has 0 bridgehead atoms. The fourth-order valence-electron chi connectivity index (χ4n) is 3.14. The third kappa shape index (κ3) is 8.97. The Balaban J connectivity index is 3.23. The highest BCUT2D eigenvalue weighted by molar-refractivity contribution is 7.53. The van der Waals surface area contributed by atoms with Gasteiger partial charge in [0.1, 0.15) is 12.2 Å². The van der Waals surface area contributed by atoms with Gasteiger partial charge in [-0.05, 0) is 20.3 Å². The van der Waals surface area contributed by atoms with Gasteiger partial charge in [-0.2, -0.15) is 0 Å². The Labute approximate surface area is 202 Å². The lowest BCUT2D eigenvalue weighted by Gasteiger charge is -2.44. The fraction of sp³-hybridized carbons (Fsp3) is 0.833. The summed E-state index contributed by atoms with van der Waals surface area (Å²) in [5.74, 6) is -2.71. The first kappa shape index (κ1) is 29.4. The van der Waals surface area contributed by atoms with Gasteiger partial charge >= 0.3 is 19.5 Å². The molecule has 0 spiro atoms. The van der Waals surface area contributed by atoms with Gasteiger partial charge in [0.15, 0.2) is 6.10 Å². The lowest BCUT2D eigenvalue weighted by Crippen LogP contribution is -2.58. The molecule has 1 aliphatic rings. The molecule has 0 aromatic carbocycles. The molecule has 0 aromatic heterocycles. The van der Waals surface area contributed by atoms with E-state index in [1.54, 1.807) is 20.8 Å². The average molecular weight is 541 g/mol. The Morgan fingerprint density at radius 2 is 1.50 bits per heavy atom. The maximum atomic E-state index is 12.9. The number of rotatable bonds is 10. The normalized spacial score (nSPS) is 26.3. The van der Waals surface area contributed by atoms with E-state index >= 15 is 0 Å². The van der Waals surface area contributed by atoms with Crippen molar-refractivity contribution in [3.63, 3.8) is 0 Å². The number of halogens is 3. The molecular weight excluding hydrogens is 512 g/mol. The van der Waals surface area contributed by atoms with E-state index in [4.69, 9.17) is 68.2 Å². The summed E-state index contributed by atoms with van der Waals surface area (Å²) < 4.78 is 43.4. The second-order valence-corrected chi connectivity index (χ2v) is 11.4. The topological polar surface area (TPSA) is 130 Å². The van der Waals surface area contributed by atoms with Crippen molar-refractivity contribution in [3.8, 4) is 0 Å². The summed E-state index contributed by atoms with van der Waals surface area (Å²) in [5, 5.41) is 7.84. The van der Waals surface area contributed by atoms with Crippen LogP contribution in [-0.2, 0) is 42.1 Å². The summed E-state index contributed by atoms with van der Waals surface area (Å²) in [5.41, 5.74) is 0. The minimum Gasteiger partial charge on any atom is -0.458 e. The van der Waals surface area contributed by atoms with Gasteiger partial charge in [-0.1, -0.05) is 41.7 Å². The van der Waals surface area contributed by atoms with Gasteiger partial charge in [-0.25, -0.2) is 0 Å². The van der Waals surface area contributed by atoms with Crippen molar-refractivity contribution in [1.29, 1.82) is 5.41 Å². The molecule has 0 radical (unpaired) electrons. The van der Waals surface area contributed by atoms with Crippen LogP contribution in [0.5, 0.6) is 0 Å². The third-order valence-corrected chi connectivity index (χ3v) is 7.01. The van der Waals surface area contributed by atoms with Crippen molar-refractivity contribution in [3.05, 3.63) is 0 Å². The first-order valence-corrected chi connectivity index (χ1v) is 12.8. The number of esters is 2. The van der Waals surface area contributed by atoms with Gasteiger partial charge in [0.2, 0.25) is 12.2 Å². The molecule has 1 N–H and O–H groups in total. The van der Waals surface area contributed by atoms with Crippen LogP contribution in [0.1, 0.15) is 41.0 Å². The number of carbonyl (C=O) groups excluding carboxylic acids is 2. The van der Waals surface area contributed by atoms with Crippen molar-refractivity contribution in [2.24, 2.45) is 5.92 Å². The molecule has 1 fully saturated rings. The molecule has 0 aromatic rings. The largest absolute Gasteiger partial charge is 0.458 e. The van der Waals surface area contributed by atoms with E-state index in [-0.39, 0.29) is 25.8 Å². The van der Waals surface area contributed by atoms with Crippen LogP contribution in [0.15, 0.2) is 0 Å². The Hall–Kier alpha value is -0.610. The molecule has 32 heavy (non-hydrogen) atoms. The first-order valence-electron chi connectivity index (χ1n) is 9.94. The van der Waals surface area contributed by atoms with E-state index in [1.807, 2.05) is 0 Å². The maximum Gasteiger partial charge on any atom is 0.330 e. The number of hydrogen-bond donors (Lipinski definition) is 1. The molecule has 1 saturated heterocycles. The van der Waals surface area contributed by atoms with Crippen LogP contribution < -0.4 is 0 Å². The summed E-state index contributed by atoms with van der Waals surface area (Å²) in [6, 6.07) is 0. The Bertz CT molecular complexity index is 708. The highest BCUT2D eigenvalue weighted by Gasteiger charge is 2.50. The number of hydrogen-bond acceptors (Lipinski definition) is 10. The minimum absolute atomic E-state index is 0.0284. The Morgan fingerprint density at radius 1 is 1.00 bits per heavy atom. The molecule has 10 nitrogen and oxygen atoms in total. The van der Waals surface area contributed by atoms with Crippen molar-refractivity contribution < 1.29 is 42.1 Å². The summed E-state index contributed by atoms with van der Waals surface area (Å²) in [4.78, 5) is 23.5. The molecule has 1 aliphatic heterocycles. The molecule has 14 heteroatoms. The van der Waals surface area contributed by atoms with Crippen molar-refractivity contribution in [2.75, 3.05) is 19.4 Å². The molecule has 0 amide bonds. The summed E-state index contributed by atoms with van der Waals surface area (Å²) in [6.45, 7) is 7.66. The number of carbonyl (C=O) groups is 2. The SMILES string of the molecule is CCOP(=O)(CC[C@H]1OC(OC(=N)C(Cl)(Cl)Cl)[C@@H](C)[C@@H](OC(C)=O)[C@@H]1OC(C)=O)OCC. The number of nitrogens with one attached hydrogen (secondary N) is 1. The zero-order valence-corrected chi connectivity index (χ0v) is 21.6. The van der Waals surface area contributed by atoms with E-state index in [1.165, 1.54) is 13.8 Å². The second-order valence-electron chi connectivity index (χ2n) is 6.95. The smallest absolute Gasteiger partial charge is 0.330 e. The van der Waals surface area contributed by atoms with Gasteiger partial charge < -0.3 is 28.0 Å². The van der Waals surface area contributed by atoms with Gasteiger partial charge in [0.25, 0.3) is 3.79 Å². The predicted molar refractivity (Wildman–Crippen MR) is 118 cm³/mol. The highest BCUT2D eigenvalue weighted by Crippen LogP contribution is 2.49. The van der Waals surface area contributed by atoms with Gasteiger partial charge in [-0.15, -0.1) is 0 Å². The van der Waals surface area contributed by atoms with Gasteiger partial charge in [-0.3, -0.25) is 19.6 Å². The van der Waals surface area contributed by atoms with Crippen molar-refractivity contribution >= 4 is 60.2 Å². The summed E-state index contributed by atoms with van der Waals surface area (Å²) >= 11 is 17.1. The summed E-state index contributed by atoms with van der Waals surface area (Å²) in [7, 11) is -3.46. The molecular formula is C18H29Cl3NO9P. The molecule has 186 valence electrons. The van der Waals surface area contributed by atoms with Crippen LogP contribution in [0.3, 0.4) is 0 Å². The number of alkyl halides is 3. The Morgan fingerprint density at radius 3 is 1.94 bits per heavy atom. The van der Waals surface area contributed by atoms with E-state index in [9.17, 15) is 14.2 Å². The van der Waals surface area contributed by atoms with Crippen molar-refractivity contribution in [1.82, 2.24) is 0 Å². The standard InChI is InChI=1S/C18H29Cl3NO9P/c1-6-26-32(25,27-7-2)9-8-13-15(29-12(5)24)14(28-11(4)23)10(3)16(30-13)31-17(22)18(19,20)21/h10,13-16,22H,6-9H2,1-5H3/t10-,13+,14+,15+,16?/m0/s1. The number of ether oxygens (including phenoxy) is 4. The molecule has 5 atom stereocenters. The predicted octanol–water partition coefficient (Wildman–Crippen LogP) is 4.23. The monoisotopic (exact) mass is 539 g/mol. The van der Waals surface area contributed by atoms with Gasteiger partial charge in [0.05, 0.1) is 25.3 Å². The molecule has 1 rings (SSSR count). The van der Waals surface area contributed by atoms with E-state index in [2.05, 4.69) is 0 Å². The lowest BCUT2D eigenvalue weighted by molar-refractivity contribution is -0.264. The molecule has 0 saturated carbocycles. The zero-order valence-electron chi connectivity index (χ0n) is 18.5. The molecule has 1 unspecified atom stereocenters. The second kappa shape index (κ2) is 12.7. The third-order valence-electron chi connectivity index (χ3n) is 4.38. The van der Waals surface area contributed by atoms with Crippen LogP contribution in [-0.4, -0.2) is 65.6 Å². The molecule has 0 aliphatic carbocycles. The quantitative estimate of drug-likeness (QED) is 0.142. The average Bonchev–Trinajstić information content (AvgIpc) is 2.64. The summed E-state index contributed by atoms with van der Waals surface area (Å²) in [6.07, 6.45) is -4.26. The van der Waals surface area contributed by atoms with Crippen LogP contribution in [0.4, 0.5) is 0 Å². The zero-order chi connectivity index (χ0) is 24.7. The van der Waals surface area contributed by atoms with E-state index in [0.29, 0.717) is 0 Å². The van der Waals surface area contributed by atoms with Crippen LogP contribution in [0.2, 0.25) is 0 Å². The lowest BCUT2D eigenvalue weighted by atomic mass is 9.90. The van der Waals surface area contributed by atoms with Crippen LogP contribution in [0, 0.1) is 11.3 Å². The fourth-order valence-corrected chi connectivity index (χ4v) is 4.96. The first-order chi connectivity index (χ1) is 14.7.